The zero-order valence-electron chi connectivity index (χ0n) is 9.96. The van der Waals surface area contributed by atoms with Crippen molar-refractivity contribution in [3.63, 3.8) is 0 Å². The SMILES string of the molecule is O=C(Sc1c(Cl)c(Cl)c(Cl)c(Cl)c1Cl)c1ccc(O)cc1. The average Bonchev–Trinajstić information content (AvgIpc) is 2.48. The van der Waals surface area contributed by atoms with Gasteiger partial charge < -0.3 is 5.11 Å². The highest BCUT2D eigenvalue weighted by molar-refractivity contribution is 8.14. The third kappa shape index (κ3) is 3.55. The highest BCUT2D eigenvalue weighted by Crippen LogP contribution is 2.48. The maximum atomic E-state index is 12.2. The summed E-state index contributed by atoms with van der Waals surface area (Å²) in [4.78, 5) is 12.4. The smallest absolute Gasteiger partial charge is 0.224 e. The maximum absolute atomic E-state index is 12.2. The zero-order chi connectivity index (χ0) is 15.7. The van der Waals surface area contributed by atoms with Gasteiger partial charge in [0.05, 0.1) is 30.0 Å². The fraction of sp³-hybridized carbons (Fsp3) is 0. The standard InChI is InChI=1S/C13H5Cl5O2S/c14-7-8(15)10(17)12(11(18)9(7)16)21-13(20)5-1-3-6(19)4-2-5/h1-4,19H. The number of rotatable bonds is 2. The van der Waals surface area contributed by atoms with Gasteiger partial charge in [0.15, 0.2) is 0 Å². The summed E-state index contributed by atoms with van der Waals surface area (Å²) < 4.78 is 0. The minimum Gasteiger partial charge on any atom is -0.508 e. The van der Waals surface area contributed by atoms with Gasteiger partial charge in [0, 0.05) is 5.56 Å². The summed E-state index contributed by atoms with van der Waals surface area (Å²) in [5.41, 5.74) is 0.368. The molecule has 0 saturated heterocycles. The predicted molar refractivity (Wildman–Crippen MR) is 89.8 cm³/mol. The second kappa shape index (κ2) is 6.86. The Balaban J connectivity index is 2.40. The van der Waals surface area contributed by atoms with Gasteiger partial charge in [0.1, 0.15) is 5.75 Å². The van der Waals surface area contributed by atoms with Crippen LogP contribution in [0.5, 0.6) is 5.75 Å². The molecule has 0 aliphatic rings. The number of phenolic OH excluding ortho intramolecular Hbond substituents is 1. The molecule has 0 aliphatic heterocycles. The van der Waals surface area contributed by atoms with Crippen molar-refractivity contribution in [3.8, 4) is 5.75 Å². The molecule has 1 N–H and O–H groups in total. The fourth-order valence-electron chi connectivity index (χ4n) is 1.42. The number of hydrogen-bond acceptors (Lipinski definition) is 3. The first-order valence-electron chi connectivity index (χ1n) is 5.35. The van der Waals surface area contributed by atoms with E-state index in [0.717, 1.165) is 11.8 Å². The summed E-state index contributed by atoms with van der Waals surface area (Å²) in [5.74, 6) is 0.0604. The molecule has 0 atom stereocenters. The first-order valence-corrected chi connectivity index (χ1v) is 8.06. The van der Waals surface area contributed by atoms with Gasteiger partial charge in [-0.1, -0.05) is 58.0 Å². The molecule has 0 radical (unpaired) electrons. The van der Waals surface area contributed by atoms with E-state index in [1.54, 1.807) is 0 Å². The molecule has 0 heterocycles. The molecule has 21 heavy (non-hydrogen) atoms. The van der Waals surface area contributed by atoms with Crippen LogP contribution in [0.4, 0.5) is 0 Å². The van der Waals surface area contributed by atoms with Gasteiger partial charge in [0.25, 0.3) is 0 Å². The number of aromatic hydroxyl groups is 1. The van der Waals surface area contributed by atoms with Gasteiger partial charge in [-0.2, -0.15) is 0 Å². The van der Waals surface area contributed by atoms with Crippen LogP contribution in [-0.4, -0.2) is 10.2 Å². The number of thioether (sulfide) groups is 1. The highest BCUT2D eigenvalue weighted by atomic mass is 35.5. The minimum atomic E-state index is -0.326. The summed E-state index contributed by atoms with van der Waals surface area (Å²) in [6, 6.07) is 5.76. The van der Waals surface area contributed by atoms with E-state index >= 15 is 0 Å². The lowest BCUT2D eigenvalue weighted by molar-refractivity contribution is 0.108. The van der Waals surface area contributed by atoms with E-state index in [4.69, 9.17) is 58.0 Å². The molecule has 0 fully saturated rings. The second-order valence-corrected chi connectivity index (χ2v) is 6.71. The highest BCUT2D eigenvalue weighted by Gasteiger charge is 2.22. The molecular formula is C13H5Cl5O2S. The Labute approximate surface area is 149 Å². The zero-order valence-corrected chi connectivity index (χ0v) is 14.6. The van der Waals surface area contributed by atoms with Crippen molar-refractivity contribution in [2.45, 2.75) is 4.90 Å². The van der Waals surface area contributed by atoms with E-state index in [1.165, 1.54) is 24.3 Å². The molecule has 0 spiro atoms. The summed E-state index contributed by atoms with van der Waals surface area (Å²) >= 11 is 30.7. The van der Waals surface area contributed by atoms with Crippen LogP contribution in [0.1, 0.15) is 10.4 Å². The Kier molecular flexibility index (Phi) is 5.58. The van der Waals surface area contributed by atoms with Crippen LogP contribution in [0.2, 0.25) is 25.1 Å². The summed E-state index contributed by atoms with van der Waals surface area (Å²) in [7, 11) is 0. The van der Waals surface area contributed by atoms with Gasteiger partial charge in [0.2, 0.25) is 5.12 Å². The van der Waals surface area contributed by atoms with Gasteiger partial charge in [-0.3, -0.25) is 4.79 Å². The van der Waals surface area contributed by atoms with Crippen LogP contribution in [0, 0.1) is 0 Å². The van der Waals surface area contributed by atoms with E-state index < -0.39 is 0 Å². The third-order valence-corrected chi connectivity index (χ3v) is 6.00. The lowest BCUT2D eigenvalue weighted by Gasteiger charge is -2.11. The Bertz CT molecular complexity index is 686. The van der Waals surface area contributed by atoms with E-state index in [-0.39, 0.29) is 40.9 Å². The summed E-state index contributed by atoms with van der Waals surface area (Å²) in [6.45, 7) is 0. The minimum absolute atomic E-state index is 0.0359. The van der Waals surface area contributed by atoms with Crippen molar-refractivity contribution >= 4 is 74.9 Å². The number of carbonyl (C=O) groups is 1. The molecular weight excluding hydrogens is 397 g/mol. The molecule has 0 aliphatic carbocycles. The van der Waals surface area contributed by atoms with Crippen LogP contribution in [0.15, 0.2) is 29.2 Å². The number of hydrogen-bond donors (Lipinski definition) is 1. The van der Waals surface area contributed by atoms with Gasteiger partial charge in [-0.15, -0.1) is 0 Å². The van der Waals surface area contributed by atoms with Crippen molar-refractivity contribution in [2.24, 2.45) is 0 Å². The molecule has 0 bridgehead atoms. The molecule has 0 unspecified atom stereocenters. The maximum Gasteiger partial charge on any atom is 0.224 e. The average molecular weight is 403 g/mol. The quantitative estimate of drug-likeness (QED) is 0.350. The number of benzene rings is 2. The van der Waals surface area contributed by atoms with E-state index in [0.29, 0.717) is 5.56 Å². The van der Waals surface area contributed by atoms with Crippen molar-refractivity contribution in [2.75, 3.05) is 0 Å². The van der Waals surface area contributed by atoms with Crippen molar-refractivity contribution in [1.29, 1.82) is 0 Å². The van der Waals surface area contributed by atoms with E-state index in [2.05, 4.69) is 0 Å². The van der Waals surface area contributed by atoms with Gasteiger partial charge >= 0.3 is 0 Å². The normalized spacial score (nSPS) is 10.7. The number of phenols is 1. The van der Waals surface area contributed by atoms with E-state index in [9.17, 15) is 9.90 Å². The summed E-state index contributed by atoms with van der Waals surface area (Å²) in [5, 5.41) is 9.12. The first-order chi connectivity index (χ1) is 9.82. The lowest BCUT2D eigenvalue weighted by Crippen LogP contribution is -1.94. The first kappa shape index (κ1) is 17.1. The number of carbonyl (C=O) groups excluding carboxylic acids is 1. The molecule has 0 saturated carbocycles. The Morgan fingerprint density at radius 2 is 1.24 bits per heavy atom. The predicted octanol–water partition coefficient (Wildman–Crippen LogP) is 6.59. The third-order valence-electron chi connectivity index (χ3n) is 2.47. The summed E-state index contributed by atoms with van der Waals surface area (Å²) in [6.07, 6.45) is 0. The van der Waals surface area contributed by atoms with Crippen LogP contribution >= 0.6 is 69.8 Å². The van der Waals surface area contributed by atoms with Crippen LogP contribution in [0.3, 0.4) is 0 Å². The van der Waals surface area contributed by atoms with Crippen molar-refractivity contribution in [1.82, 2.24) is 0 Å². The van der Waals surface area contributed by atoms with Crippen molar-refractivity contribution < 1.29 is 9.90 Å². The van der Waals surface area contributed by atoms with E-state index in [1.807, 2.05) is 0 Å². The second-order valence-electron chi connectivity index (χ2n) is 3.84. The Morgan fingerprint density at radius 1 is 0.810 bits per heavy atom. The largest absolute Gasteiger partial charge is 0.508 e. The van der Waals surface area contributed by atoms with Gasteiger partial charge in [-0.05, 0) is 36.0 Å². The Morgan fingerprint density at radius 3 is 1.71 bits per heavy atom. The lowest BCUT2D eigenvalue weighted by atomic mass is 10.2. The van der Waals surface area contributed by atoms with Crippen LogP contribution in [-0.2, 0) is 0 Å². The Hall–Kier alpha value is -0.290. The van der Waals surface area contributed by atoms with Crippen LogP contribution in [0.25, 0.3) is 0 Å². The molecule has 2 nitrogen and oxygen atoms in total. The molecule has 2 rings (SSSR count). The van der Waals surface area contributed by atoms with Gasteiger partial charge in [-0.25, -0.2) is 0 Å². The number of halogens is 5. The molecule has 0 aromatic heterocycles. The monoisotopic (exact) mass is 400 g/mol. The topological polar surface area (TPSA) is 37.3 Å². The fourth-order valence-corrected chi connectivity index (χ4v) is 3.73. The molecule has 8 heteroatoms. The molecule has 2 aromatic rings. The molecule has 2 aromatic carbocycles. The van der Waals surface area contributed by atoms with Crippen LogP contribution < -0.4 is 0 Å². The molecule has 110 valence electrons. The van der Waals surface area contributed by atoms with Crippen molar-refractivity contribution in [3.05, 3.63) is 54.9 Å². The molecule has 0 amide bonds.